The van der Waals surface area contributed by atoms with E-state index in [0.717, 1.165) is 11.3 Å². The second-order valence-corrected chi connectivity index (χ2v) is 5.17. The Morgan fingerprint density at radius 1 is 1.50 bits per heavy atom. The van der Waals surface area contributed by atoms with E-state index in [1.54, 1.807) is 23.9 Å². The number of nitrogens with one attached hydrogen (secondary N) is 1. The third kappa shape index (κ3) is 2.67. The summed E-state index contributed by atoms with van der Waals surface area (Å²) >= 11 is 9.23. The van der Waals surface area contributed by atoms with Crippen LogP contribution in [0.2, 0.25) is 5.15 Å². The molecule has 0 radical (unpaired) electrons. The largest absolute Gasteiger partial charge is 0.381 e. The molecule has 2 aromatic rings. The maximum absolute atomic E-state index is 13.3. The molecule has 1 heterocycles. The maximum atomic E-state index is 13.3. The van der Waals surface area contributed by atoms with Gasteiger partial charge >= 0.3 is 0 Å². The van der Waals surface area contributed by atoms with E-state index in [-0.39, 0.29) is 5.82 Å². The highest BCUT2D eigenvalue weighted by Gasteiger charge is 2.10. The first-order valence-electron chi connectivity index (χ1n) is 5.36. The Kier molecular flexibility index (Phi) is 3.92. The molecule has 0 atom stereocenters. The Labute approximate surface area is 118 Å². The zero-order valence-electron chi connectivity index (χ0n) is 9.97. The molecule has 1 N–H and O–H groups in total. The van der Waals surface area contributed by atoms with Gasteiger partial charge in [-0.15, -0.1) is 0 Å². The third-order valence-corrected chi connectivity index (χ3v) is 3.77. The lowest BCUT2D eigenvalue weighted by molar-refractivity contribution is 0.621. The molecule has 0 unspecified atom stereocenters. The molecule has 6 heteroatoms. The second-order valence-electron chi connectivity index (χ2n) is 3.96. The molecule has 0 amide bonds. The first kappa shape index (κ1) is 13.4. The van der Waals surface area contributed by atoms with E-state index in [1.807, 2.05) is 6.92 Å². The molecule has 1 aromatic carbocycles. The molecule has 0 aliphatic rings. The fourth-order valence-electron chi connectivity index (χ4n) is 1.67. The van der Waals surface area contributed by atoms with E-state index in [0.29, 0.717) is 21.9 Å². The standard InChI is InChI=1S/C12H12BrClFN3/c1-7-9(12(14)18(2)17-7)6-16-8-3-4-10(13)11(15)5-8/h3-5,16H,6H2,1-2H3. The highest BCUT2D eigenvalue weighted by molar-refractivity contribution is 9.10. The van der Waals surface area contributed by atoms with Gasteiger partial charge in [0.25, 0.3) is 0 Å². The zero-order chi connectivity index (χ0) is 13.3. The molecule has 1 aromatic heterocycles. The Morgan fingerprint density at radius 2 is 2.22 bits per heavy atom. The summed E-state index contributed by atoms with van der Waals surface area (Å²) in [6, 6.07) is 4.89. The predicted octanol–water partition coefficient (Wildman–Crippen LogP) is 3.90. The average Bonchev–Trinajstić information content (AvgIpc) is 2.56. The molecule has 0 aliphatic heterocycles. The summed E-state index contributed by atoms with van der Waals surface area (Å²) in [5.74, 6) is -0.297. The van der Waals surface area contributed by atoms with Crippen LogP contribution < -0.4 is 5.32 Å². The summed E-state index contributed by atoms with van der Waals surface area (Å²) in [7, 11) is 1.79. The third-order valence-electron chi connectivity index (χ3n) is 2.66. The molecule has 96 valence electrons. The molecule has 3 nitrogen and oxygen atoms in total. The van der Waals surface area contributed by atoms with Crippen molar-refractivity contribution >= 4 is 33.2 Å². The van der Waals surface area contributed by atoms with Gasteiger partial charge in [-0.05, 0) is 41.1 Å². The number of rotatable bonds is 3. The summed E-state index contributed by atoms with van der Waals surface area (Å²) in [6.45, 7) is 2.41. The average molecular weight is 333 g/mol. The summed E-state index contributed by atoms with van der Waals surface area (Å²) in [6.07, 6.45) is 0. The Hall–Kier alpha value is -1.07. The fraction of sp³-hybridized carbons (Fsp3) is 0.250. The topological polar surface area (TPSA) is 29.9 Å². The lowest BCUT2D eigenvalue weighted by atomic mass is 10.2. The van der Waals surface area contributed by atoms with Crippen LogP contribution in [0.4, 0.5) is 10.1 Å². The van der Waals surface area contributed by atoms with Crippen LogP contribution in [0.1, 0.15) is 11.3 Å². The highest BCUT2D eigenvalue weighted by Crippen LogP contribution is 2.22. The quantitative estimate of drug-likeness (QED) is 0.924. The van der Waals surface area contributed by atoms with Crippen molar-refractivity contribution in [3.05, 3.63) is 44.9 Å². The van der Waals surface area contributed by atoms with Crippen molar-refractivity contribution in [1.82, 2.24) is 9.78 Å². The predicted molar refractivity (Wildman–Crippen MR) is 74.4 cm³/mol. The molecule has 0 bridgehead atoms. The van der Waals surface area contributed by atoms with Crippen LogP contribution in [0.15, 0.2) is 22.7 Å². The SMILES string of the molecule is Cc1nn(C)c(Cl)c1CNc1ccc(Br)c(F)c1. The molecule has 0 fully saturated rings. The van der Waals surface area contributed by atoms with E-state index < -0.39 is 0 Å². The van der Waals surface area contributed by atoms with Crippen molar-refractivity contribution in [3.8, 4) is 0 Å². The van der Waals surface area contributed by atoms with Gasteiger partial charge in [-0.25, -0.2) is 4.39 Å². The van der Waals surface area contributed by atoms with Crippen LogP contribution in [0.5, 0.6) is 0 Å². The summed E-state index contributed by atoms with van der Waals surface area (Å²) in [5.41, 5.74) is 2.49. The second kappa shape index (κ2) is 5.28. The van der Waals surface area contributed by atoms with Crippen molar-refractivity contribution in [3.63, 3.8) is 0 Å². The van der Waals surface area contributed by atoms with E-state index in [9.17, 15) is 4.39 Å². The molecule has 0 saturated heterocycles. The van der Waals surface area contributed by atoms with Crippen LogP contribution in [-0.2, 0) is 13.6 Å². The first-order valence-corrected chi connectivity index (χ1v) is 6.53. The van der Waals surface area contributed by atoms with Crippen LogP contribution >= 0.6 is 27.5 Å². The van der Waals surface area contributed by atoms with Crippen LogP contribution in [0, 0.1) is 12.7 Å². The summed E-state index contributed by atoms with van der Waals surface area (Å²) in [5, 5.41) is 7.94. The van der Waals surface area contributed by atoms with Crippen LogP contribution in [-0.4, -0.2) is 9.78 Å². The van der Waals surface area contributed by atoms with Crippen molar-refractivity contribution in [2.24, 2.45) is 7.05 Å². The lowest BCUT2D eigenvalue weighted by Crippen LogP contribution is -2.01. The van der Waals surface area contributed by atoms with Crippen molar-refractivity contribution in [2.45, 2.75) is 13.5 Å². The minimum atomic E-state index is -0.297. The monoisotopic (exact) mass is 331 g/mol. The minimum Gasteiger partial charge on any atom is -0.381 e. The molecule has 2 rings (SSSR count). The number of halogens is 3. The van der Waals surface area contributed by atoms with Gasteiger partial charge in [-0.1, -0.05) is 11.6 Å². The Morgan fingerprint density at radius 3 is 2.78 bits per heavy atom. The van der Waals surface area contributed by atoms with E-state index >= 15 is 0 Å². The lowest BCUT2D eigenvalue weighted by Gasteiger charge is -2.07. The number of hydrogen-bond acceptors (Lipinski definition) is 2. The van der Waals surface area contributed by atoms with E-state index in [1.165, 1.54) is 6.07 Å². The van der Waals surface area contributed by atoms with Gasteiger partial charge in [0.05, 0.1) is 10.2 Å². The van der Waals surface area contributed by atoms with Gasteiger partial charge in [-0.2, -0.15) is 5.10 Å². The van der Waals surface area contributed by atoms with Crippen LogP contribution in [0.3, 0.4) is 0 Å². The number of nitrogens with zero attached hydrogens (tertiary/aromatic N) is 2. The van der Waals surface area contributed by atoms with Gasteiger partial charge in [0.2, 0.25) is 0 Å². The maximum Gasteiger partial charge on any atom is 0.139 e. The van der Waals surface area contributed by atoms with Gasteiger partial charge < -0.3 is 5.32 Å². The first-order chi connectivity index (χ1) is 8.49. The number of anilines is 1. The van der Waals surface area contributed by atoms with Gasteiger partial charge in [0.15, 0.2) is 0 Å². The smallest absolute Gasteiger partial charge is 0.139 e. The highest BCUT2D eigenvalue weighted by atomic mass is 79.9. The molecular weight excluding hydrogens is 321 g/mol. The molecule has 18 heavy (non-hydrogen) atoms. The number of benzene rings is 1. The zero-order valence-corrected chi connectivity index (χ0v) is 12.3. The summed E-state index contributed by atoms with van der Waals surface area (Å²) in [4.78, 5) is 0. The van der Waals surface area contributed by atoms with E-state index in [2.05, 4.69) is 26.3 Å². The van der Waals surface area contributed by atoms with Gasteiger partial charge in [-0.3, -0.25) is 4.68 Å². The molecular formula is C12H12BrClFN3. The van der Waals surface area contributed by atoms with Crippen LogP contribution in [0.25, 0.3) is 0 Å². The van der Waals surface area contributed by atoms with E-state index in [4.69, 9.17) is 11.6 Å². The number of aromatic nitrogens is 2. The molecule has 0 saturated carbocycles. The summed E-state index contributed by atoms with van der Waals surface area (Å²) < 4.78 is 15.4. The normalized spacial score (nSPS) is 10.7. The fourth-order valence-corrected chi connectivity index (χ4v) is 2.16. The minimum absolute atomic E-state index is 0.297. The number of aryl methyl sites for hydroxylation is 2. The Balaban J connectivity index is 2.14. The van der Waals surface area contributed by atoms with Gasteiger partial charge in [0.1, 0.15) is 11.0 Å². The molecule has 0 aliphatic carbocycles. The van der Waals surface area contributed by atoms with Gasteiger partial charge in [0, 0.05) is 24.8 Å². The molecule has 0 spiro atoms. The van der Waals surface area contributed by atoms with Crippen molar-refractivity contribution in [1.29, 1.82) is 0 Å². The van der Waals surface area contributed by atoms with Crippen molar-refractivity contribution in [2.75, 3.05) is 5.32 Å². The Bertz CT molecular complexity index is 583. The van der Waals surface area contributed by atoms with Crippen molar-refractivity contribution < 1.29 is 4.39 Å². The number of hydrogen-bond donors (Lipinski definition) is 1.